The third-order valence-corrected chi connectivity index (χ3v) is 5.25. The molecular formula is C30H28O7. The van der Waals surface area contributed by atoms with Gasteiger partial charge in [-0.05, 0) is 60.4 Å². The normalized spacial score (nSPS) is 10.2. The Hall–Kier alpha value is -4.65. The maximum Gasteiger partial charge on any atom is 0.338 e. The molecule has 0 radical (unpaired) electrons. The first-order chi connectivity index (χ1) is 17.7. The molecule has 0 aliphatic heterocycles. The molecule has 0 amide bonds. The topological polar surface area (TPSA) is 88.1 Å². The number of rotatable bonds is 10. The Bertz CT molecular complexity index is 1320. The summed E-state index contributed by atoms with van der Waals surface area (Å²) in [6.07, 6.45) is 0. The van der Waals surface area contributed by atoms with Crippen molar-refractivity contribution in [2.24, 2.45) is 0 Å². The highest BCUT2D eigenvalue weighted by Gasteiger charge is 2.11. The van der Waals surface area contributed by atoms with Crippen molar-refractivity contribution >= 4 is 17.9 Å². The molecule has 7 nitrogen and oxygen atoms in total. The van der Waals surface area contributed by atoms with E-state index in [0.29, 0.717) is 22.6 Å². The first-order valence-electron chi connectivity index (χ1n) is 11.5. The van der Waals surface area contributed by atoms with E-state index in [1.807, 2.05) is 42.5 Å². The SMILES string of the molecule is C=C(C)C(=O)OCCOC(=O)c1ccc(-c2ccc(-c3cc(OC)cc(OC(=O)C(=C)C)c3)cc2)cc1. The average Bonchev–Trinajstić information content (AvgIpc) is 2.90. The van der Waals surface area contributed by atoms with Crippen LogP contribution in [0.5, 0.6) is 11.5 Å². The third-order valence-electron chi connectivity index (χ3n) is 5.25. The van der Waals surface area contributed by atoms with Gasteiger partial charge < -0.3 is 18.9 Å². The van der Waals surface area contributed by atoms with Crippen LogP contribution in [0.3, 0.4) is 0 Å². The smallest absolute Gasteiger partial charge is 0.338 e. The molecule has 3 rings (SSSR count). The number of carbonyl (C=O) groups excluding carboxylic acids is 3. The van der Waals surface area contributed by atoms with Crippen LogP contribution in [0.25, 0.3) is 22.3 Å². The van der Waals surface area contributed by atoms with E-state index in [9.17, 15) is 14.4 Å². The quantitative estimate of drug-likeness (QED) is 0.151. The summed E-state index contributed by atoms with van der Waals surface area (Å²) in [4.78, 5) is 35.5. The molecule has 0 bridgehead atoms. The Balaban J connectivity index is 1.67. The molecule has 0 N–H and O–H groups in total. The molecule has 0 unspecified atom stereocenters. The van der Waals surface area contributed by atoms with Crippen molar-refractivity contribution in [3.8, 4) is 33.8 Å². The van der Waals surface area contributed by atoms with Gasteiger partial charge in [-0.25, -0.2) is 14.4 Å². The molecule has 0 fully saturated rings. The average molecular weight is 501 g/mol. The van der Waals surface area contributed by atoms with Crippen molar-refractivity contribution in [2.75, 3.05) is 20.3 Å². The van der Waals surface area contributed by atoms with Crippen molar-refractivity contribution in [2.45, 2.75) is 13.8 Å². The maximum atomic E-state index is 12.2. The maximum absolute atomic E-state index is 12.2. The second-order valence-electron chi connectivity index (χ2n) is 8.27. The standard InChI is InChI=1S/C30H28O7/c1-19(2)28(31)35-14-15-36-30(33)24-12-10-22(11-13-24)21-6-8-23(9-7-21)25-16-26(34-5)18-27(17-25)37-29(32)20(3)4/h6-13,16-18H,1,3,14-15H2,2,4-5H3. The molecule has 3 aromatic carbocycles. The van der Waals surface area contributed by atoms with Crippen LogP contribution < -0.4 is 9.47 Å². The molecule has 0 heterocycles. The Kier molecular flexibility index (Phi) is 9.00. The summed E-state index contributed by atoms with van der Waals surface area (Å²) in [7, 11) is 1.55. The number of ether oxygens (including phenoxy) is 4. The van der Waals surface area contributed by atoms with Crippen LogP contribution in [-0.4, -0.2) is 38.2 Å². The van der Waals surface area contributed by atoms with E-state index >= 15 is 0 Å². The van der Waals surface area contributed by atoms with Crippen LogP contribution >= 0.6 is 0 Å². The van der Waals surface area contributed by atoms with Gasteiger partial charge in [-0.2, -0.15) is 0 Å². The van der Waals surface area contributed by atoms with Crippen molar-refractivity contribution in [3.05, 3.63) is 96.6 Å². The van der Waals surface area contributed by atoms with E-state index in [1.54, 1.807) is 45.2 Å². The van der Waals surface area contributed by atoms with Gasteiger partial charge in [0.15, 0.2) is 0 Å². The molecule has 0 atom stereocenters. The molecule has 37 heavy (non-hydrogen) atoms. The first kappa shape index (κ1) is 26.9. The highest BCUT2D eigenvalue weighted by atomic mass is 16.6. The van der Waals surface area contributed by atoms with Crippen molar-refractivity contribution in [1.29, 1.82) is 0 Å². The lowest BCUT2D eigenvalue weighted by Crippen LogP contribution is -2.14. The number of carbonyl (C=O) groups is 3. The monoisotopic (exact) mass is 500 g/mol. The van der Waals surface area contributed by atoms with Gasteiger partial charge in [-0.15, -0.1) is 0 Å². The molecule has 0 aliphatic carbocycles. The molecule has 190 valence electrons. The third kappa shape index (κ3) is 7.41. The van der Waals surface area contributed by atoms with Gasteiger partial charge in [0.1, 0.15) is 24.7 Å². The van der Waals surface area contributed by atoms with Gasteiger partial charge in [0.25, 0.3) is 0 Å². The van der Waals surface area contributed by atoms with Crippen molar-refractivity contribution < 1.29 is 33.3 Å². The van der Waals surface area contributed by atoms with Crippen molar-refractivity contribution in [3.63, 3.8) is 0 Å². The highest BCUT2D eigenvalue weighted by molar-refractivity contribution is 5.90. The Morgan fingerprint density at radius 2 is 1.14 bits per heavy atom. The molecule has 0 aromatic heterocycles. The lowest BCUT2D eigenvalue weighted by Gasteiger charge is -2.11. The molecule has 0 aliphatic rings. The zero-order valence-corrected chi connectivity index (χ0v) is 21.0. The van der Waals surface area contributed by atoms with Crippen LogP contribution in [0.2, 0.25) is 0 Å². The number of methoxy groups -OCH3 is 1. The number of esters is 3. The number of hydrogen-bond donors (Lipinski definition) is 0. The van der Waals surface area contributed by atoms with Gasteiger partial charge in [-0.3, -0.25) is 0 Å². The predicted molar refractivity (Wildman–Crippen MR) is 140 cm³/mol. The van der Waals surface area contributed by atoms with Crippen LogP contribution in [0.4, 0.5) is 0 Å². The summed E-state index contributed by atoms with van der Waals surface area (Å²) < 4.78 is 20.8. The van der Waals surface area contributed by atoms with Crippen LogP contribution in [-0.2, 0) is 19.1 Å². The minimum absolute atomic E-state index is 0.0347. The van der Waals surface area contributed by atoms with Crippen LogP contribution in [0.1, 0.15) is 24.2 Å². The fraction of sp³-hybridized carbons (Fsp3) is 0.167. The zero-order valence-electron chi connectivity index (χ0n) is 21.0. The summed E-state index contributed by atoms with van der Waals surface area (Å²) in [5.41, 5.74) is 4.57. The summed E-state index contributed by atoms with van der Waals surface area (Å²) in [5, 5.41) is 0. The van der Waals surface area contributed by atoms with E-state index in [2.05, 4.69) is 13.2 Å². The molecule has 0 saturated carbocycles. The first-order valence-corrected chi connectivity index (χ1v) is 11.5. The molecular weight excluding hydrogens is 472 g/mol. The van der Waals surface area contributed by atoms with E-state index in [-0.39, 0.29) is 18.8 Å². The molecule has 0 spiro atoms. The lowest BCUT2D eigenvalue weighted by atomic mass is 9.99. The van der Waals surface area contributed by atoms with Gasteiger partial charge in [0.2, 0.25) is 0 Å². The van der Waals surface area contributed by atoms with E-state index in [0.717, 1.165) is 22.3 Å². The number of benzene rings is 3. The van der Waals surface area contributed by atoms with E-state index < -0.39 is 17.9 Å². The lowest BCUT2D eigenvalue weighted by molar-refractivity contribution is -0.140. The summed E-state index contributed by atoms with van der Waals surface area (Å²) in [5.74, 6) is -0.613. The van der Waals surface area contributed by atoms with Gasteiger partial charge >= 0.3 is 17.9 Å². The minimum atomic E-state index is -0.524. The largest absolute Gasteiger partial charge is 0.497 e. The van der Waals surface area contributed by atoms with Crippen molar-refractivity contribution in [1.82, 2.24) is 0 Å². The Labute approximate surface area is 215 Å². The predicted octanol–water partition coefficient (Wildman–Crippen LogP) is 5.79. The summed E-state index contributed by atoms with van der Waals surface area (Å²) in [6, 6.07) is 20.1. The Morgan fingerprint density at radius 3 is 1.68 bits per heavy atom. The van der Waals surface area contributed by atoms with Gasteiger partial charge in [-0.1, -0.05) is 49.6 Å². The zero-order chi connectivity index (χ0) is 26.9. The fourth-order valence-corrected chi connectivity index (χ4v) is 3.24. The van der Waals surface area contributed by atoms with Gasteiger partial charge in [0, 0.05) is 17.2 Å². The van der Waals surface area contributed by atoms with Crippen LogP contribution in [0, 0.1) is 0 Å². The molecule has 0 saturated heterocycles. The Morgan fingerprint density at radius 1 is 0.649 bits per heavy atom. The van der Waals surface area contributed by atoms with Gasteiger partial charge in [0.05, 0.1) is 12.7 Å². The highest BCUT2D eigenvalue weighted by Crippen LogP contribution is 2.31. The van der Waals surface area contributed by atoms with E-state index in [4.69, 9.17) is 18.9 Å². The fourth-order valence-electron chi connectivity index (χ4n) is 3.24. The molecule has 7 heteroatoms. The van der Waals surface area contributed by atoms with E-state index in [1.165, 1.54) is 0 Å². The summed E-state index contributed by atoms with van der Waals surface area (Å²) in [6.45, 7) is 10.1. The minimum Gasteiger partial charge on any atom is -0.497 e. The number of hydrogen-bond acceptors (Lipinski definition) is 7. The second-order valence-corrected chi connectivity index (χ2v) is 8.27. The molecule has 3 aromatic rings. The summed E-state index contributed by atoms with van der Waals surface area (Å²) >= 11 is 0. The second kappa shape index (κ2) is 12.4. The van der Waals surface area contributed by atoms with Crippen LogP contribution in [0.15, 0.2) is 91.0 Å².